The van der Waals surface area contributed by atoms with Gasteiger partial charge in [-0.1, -0.05) is 11.6 Å². The van der Waals surface area contributed by atoms with Crippen LogP contribution in [0.3, 0.4) is 0 Å². The van der Waals surface area contributed by atoms with Crippen LogP contribution in [0.15, 0.2) is 48.5 Å². The molecule has 36 heavy (non-hydrogen) atoms. The number of unbranched alkanes of at least 4 members (excludes halogenated alkanes) is 1. The smallest absolute Gasteiger partial charge is 0.359 e. The number of alkyl halides is 1. The van der Waals surface area contributed by atoms with E-state index in [0.717, 1.165) is 12.8 Å². The summed E-state index contributed by atoms with van der Waals surface area (Å²) in [4.78, 5) is 40.0. The van der Waals surface area contributed by atoms with Crippen molar-refractivity contribution < 1.29 is 19.1 Å². The molecule has 1 aromatic heterocycles. The van der Waals surface area contributed by atoms with E-state index >= 15 is 0 Å². The number of hydrogen-bond acceptors (Lipinski definition) is 5. The molecule has 3 aromatic rings. The number of carbonyl (C=O) groups is 3. The molecular formula is C26H26Cl2N4O4. The van der Waals surface area contributed by atoms with Gasteiger partial charge in [-0.2, -0.15) is 5.10 Å². The normalized spacial score (nSPS) is 12.9. The summed E-state index contributed by atoms with van der Waals surface area (Å²) in [6.07, 6.45) is 2.35. The van der Waals surface area contributed by atoms with Crippen molar-refractivity contribution in [1.82, 2.24) is 9.78 Å². The summed E-state index contributed by atoms with van der Waals surface area (Å²) in [6, 6.07) is 14.0. The van der Waals surface area contributed by atoms with Crippen LogP contribution in [-0.2, 0) is 16.0 Å². The molecule has 2 aromatic carbocycles. The van der Waals surface area contributed by atoms with E-state index in [2.05, 4.69) is 10.4 Å². The Hall–Kier alpha value is -3.36. The number of rotatable bonds is 9. The fraction of sp³-hybridized carbons (Fsp3) is 0.308. The summed E-state index contributed by atoms with van der Waals surface area (Å²) < 4.78 is 6.66. The molecule has 0 atom stereocenters. The third-order valence-corrected chi connectivity index (χ3v) is 6.33. The van der Waals surface area contributed by atoms with E-state index < -0.39 is 5.97 Å². The fourth-order valence-electron chi connectivity index (χ4n) is 4.07. The first-order valence-electron chi connectivity index (χ1n) is 11.8. The minimum atomic E-state index is -0.561. The number of fused-ring (bicyclic) bond motifs is 1. The first kappa shape index (κ1) is 25.7. The molecule has 0 spiro atoms. The minimum Gasteiger partial charge on any atom is -0.461 e. The quantitative estimate of drug-likeness (QED) is 0.232. The zero-order valence-electron chi connectivity index (χ0n) is 19.8. The van der Waals surface area contributed by atoms with Crippen LogP contribution in [0.1, 0.15) is 52.7 Å². The number of nitrogens with zero attached hydrogens (tertiary/aromatic N) is 3. The second-order valence-corrected chi connectivity index (χ2v) is 9.05. The number of amides is 2. The summed E-state index contributed by atoms with van der Waals surface area (Å²) in [5.41, 5.74) is 2.94. The zero-order chi connectivity index (χ0) is 25.7. The standard InChI is InChI=1S/C26H26Cl2N4O4/c1-2-36-26(35)23-21-14-16-31(19-12-8-18(9-13-19)29-22(33)5-3-4-15-27)25(34)24(21)32(30-23)20-10-6-17(28)7-11-20/h6-13H,2-5,14-16H2,1H3,(H,29,33). The van der Waals surface area contributed by atoms with Gasteiger partial charge >= 0.3 is 5.97 Å². The van der Waals surface area contributed by atoms with Gasteiger partial charge in [-0.05, 0) is 74.7 Å². The average molecular weight is 529 g/mol. The van der Waals surface area contributed by atoms with Gasteiger partial charge in [0.25, 0.3) is 5.91 Å². The van der Waals surface area contributed by atoms with Gasteiger partial charge in [-0.15, -0.1) is 11.6 Å². The summed E-state index contributed by atoms with van der Waals surface area (Å²) in [6.45, 7) is 2.30. The minimum absolute atomic E-state index is 0.0788. The Morgan fingerprint density at radius 2 is 1.75 bits per heavy atom. The number of carbonyl (C=O) groups excluding carboxylic acids is 3. The van der Waals surface area contributed by atoms with Crippen LogP contribution >= 0.6 is 23.2 Å². The van der Waals surface area contributed by atoms with Gasteiger partial charge in [-0.3, -0.25) is 9.59 Å². The molecule has 0 radical (unpaired) electrons. The average Bonchev–Trinajstić information content (AvgIpc) is 3.26. The topological polar surface area (TPSA) is 93.5 Å². The van der Waals surface area contributed by atoms with Gasteiger partial charge in [0.1, 0.15) is 5.69 Å². The second kappa shape index (κ2) is 11.6. The molecule has 1 N–H and O–H groups in total. The van der Waals surface area contributed by atoms with E-state index in [1.807, 2.05) is 0 Å². The highest BCUT2D eigenvalue weighted by atomic mass is 35.5. The van der Waals surface area contributed by atoms with Crippen LogP contribution in [0.2, 0.25) is 5.02 Å². The van der Waals surface area contributed by atoms with Crippen molar-refractivity contribution in [2.45, 2.75) is 32.6 Å². The van der Waals surface area contributed by atoms with E-state index in [1.54, 1.807) is 60.4 Å². The first-order chi connectivity index (χ1) is 17.4. The molecule has 4 rings (SSSR count). The number of aromatic nitrogens is 2. The van der Waals surface area contributed by atoms with E-state index in [4.69, 9.17) is 27.9 Å². The Balaban J connectivity index is 1.61. The summed E-state index contributed by atoms with van der Waals surface area (Å²) >= 11 is 11.7. The molecule has 0 aliphatic carbocycles. The number of hydrogen-bond donors (Lipinski definition) is 1. The number of benzene rings is 2. The molecule has 0 saturated carbocycles. The lowest BCUT2D eigenvalue weighted by molar-refractivity contribution is -0.116. The number of halogens is 2. The van der Waals surface area contributed by atoms with Crippen LogP contribution in [0.5, 0.6) is 0 Å². The number of anilines is 2. The predicted octanol–water partition coefficient (Wildman–Crippen LogP) is 5.25. The van der Waals surface area contributed by atoms with Crippen molar-refractivity contribution in [3.8, 4) is 5.69 Å². The molecule has 2 heterocycles. The Labute approximate surface area is 219 Å². The summed E-state index contributed by atoms with van der Waals surface area (Å²) in [5.74, 6) is -0.392. The van der Waals surface area contributed by atoms with Gasteiger partial charge in [0.05, 0.1) is 12.3 Å². The van der Waals surface area contributed by atoms with Gasteiger partial charge in [-0.25, -0.2) is 9.48 Å². The number of nitrogens with one attached hydrogen (secondary N) is 1. The van der Waals surface area contributed by atoms with E-state index in [9.17, 15) is 14.4 Å². The van der Waals surface area contributed by atoms with Crippen molar-refractivity contribution in [3.05, 3.63) is 70.5 Å². The number of esters is 1. The third-order valence-electron chi connectivity index (χ3n) is 5.81. The molecule has 0 fully saturated rings. The SMILES string of the molecule is CCOC(=O)c1nn(-c2ccc(Cl)cc2)c2c1CCN(c1ccc(NC(=O)CCCCCl)cc1)C2=O. The highest BCUT2D eigenvalue weighted by Gasteiger charge is 2.35. The molecular weight excluding hydrogens is 503 g/mol. The van der Waals surface area contributed by atoms with Crippen molar-refractivity contribution >= 4 is 52.4 Å². The van der Waals surface area contributed by atoms with Crippen LogP contribution < -0.4 is 10.2 Å². The van der Waals surface area contributed by atoms with Crippen LogP contribution in [0.25, 0.3) is 5.69 Å². The van der Waals surface area contributed by atoms with Crippen molar-refractivity contribution in [3.63, 3.8) is 0 Å². The van der Waals surface area contributed by atoms with Crippen molar-refractivity contribution in [1.29, 1.82) is 0 Å². The Morgan fingerprint density at radius 1 is 1.06 bits per heavy atom. The summed E-state index contributed by atoms with van der Waals surface area (Å²) in [5, 5.41) is 7.87. The van der Waals surface area contributed by atoms with Crippen LogP contribution in [0.4, 0.5) is 11.4 Å². The Morgan fingerprint density at radius 3 is 2.42 bits per heavy atom. The molecule has 10 heteroatoms. The largest absolute Gasteiger partial charge is 0.461 e. The second-order valence-electron chi connectivity index (χ2n) is 8.23. The van der Waals surface area contributed by atoms with Gasteiger partial charge in [0.2, 0.25) is 5.91 Å². The molecule has 8 nitrogen and oxygen atoms in total. The van der Waals surface area contributed by atoms with E-state index in [0.29, 0.717) is 58.6 Å². The van der Waals surface area contributed by atoms with Gasteiger partial charge < -0.3 is 15.0 Å². The predicted molar refractivity (Wildman–Crippen MR) is 140 cm³/mol. The van der Waals surface area contributed by atoms with Gasteiger partial charge in [0.15, 0.2) is 5.69 Å². The first-order valence-corrected chi connectivity index (χ1v) is 12.7. The molecule has 2 amide bonds. The fourth-order valence-corrected chi connectivity index (χ4v) is 4.38. The van der Waals surface area contributed by atoms with Crippen molar-refractivity contribution in [2.75, 3.05) is 29.2 Å². The van der Waals surface area contributed by atoms with Crippen molar-refractivity contribution in [2.24, 2.45) is 0 Å². The maximum absolute atomic E-state index is 13.7. The van der Waals surface area contributed by atoms with Crippen LogP contribution in [-0.4, -0.2) is 46.6 Å². The molecule has 1 aliphatic rings. The lowest BCUT2D eigenvalue weighted by atomic mass is 10.0. The maximum atomic E-state index is 13.7. The molecule has 188 valence electrons. The van der Waals surface area contributed by atoms with Crippen LogP contribution in [0, 0.1) is 0 Å². The Kier molecular flexibility index (Phi) is 8.28. The molecule has 1 aliphatic heterocycles. The zero-order valence-corrected chi connectivity index (χ0v) is 21.3. The number of ether oxygens (including phenoxy) is 1. The monoisotopic (exact) mass is 528 g/mol. The highest BCUT2D eigenvalue weighted by Crippen LogP contribution is 2.30. The molecule has 0 bridgehead atoms. The lowest BCUT2D eigenvalue weighted by Gasteiger charge is -2.28. The Bertz CT molecular complexity index is 1260. The lowest BCUT2D eigenvalue weighted by Crippen LogP contribution is -2.39. The third kappa shape index (κ3) is 5.55. The molecule has 0 unspecified atom stereocenters. The maximum Gasteiger partial charge on any atom is 0.359 e. The summed E-state index contributed by atoms with van der Waals surface area (Å²) in [7, 11) is 0. The van der Waals surface area contributed by atoms with Gasteiger partial charge in [0, 0.05) is 40.8 Å². The van der Waals surface area contributed by atoms with E-state index in [1.165, 1.54) is 4.68 Å². The molecule has 0 saturated heterocycles. The highest BCUT2D eigenvalue weighted by molar-refractivity contribution is 6.30. The van der Waals surface area contributed by atoms with E-state index in [-0.39, 0.29) is 24.1 Å².